The molecule has 1 aliphatic rings. The van der Waals surface area contributed by atoms with Gasteiger partial charge >= 0.3 is 0 Å². The lowest BCUT2D eigenvalue weighted by Crippen LogP contribution is -2.33. The van der Waals surface area contributed by atoms with Crippen molar-refractivity contribution >= 4 is 23.3 Å². The lowest BCUT2D eigenvalue weighted by Gasteiger charge is -2.18. The van der Waals surface area contributed by atoms with Crippen molar-refractivity contribution < 1.29 is 19.7 Å². The van der Waals surface area contributed by atoms with E-state index in [0.717, 1.165) is 35.5 Å². The Labute approximate surface area is 180 Å². The van der Waals surface area contributed by atoms with Crippen LogP contribution in [0.2, 0.25) is 0 Å². The number of aromatic nitrogens is 1. The molecule has 8 heteroatoms. The van der Waals surface area contributed by atoms with E-state index < -0.39 is 6.10 Å². The Morgan fingerprint density at radius 3 is 2.30 bits per heavy atom. The molecule has 0 aliphatic heterocycles. The normalized spacial score (nSPS) is 14.2. The molecular formula is C22H25ClN2O5. The van der Waals surface area contributed by atoms with E-state index in [1.54, 1.807) is 26.4 Å². The molecule has 160 valence electrons. The van der Waals surface area contributed by atoms with Crippen LogP contribution in [0, 0.1) is 0 Å². The van der Waals surface area contributed by atoms with Crippen LogP contribution in [0.1, 0.15) is 22.8 Å². The van der Waals surface area contributed by atoms with E-state index in [9.17, 15) is 15.0 Å². The standard InChI is InChI=1S/C22H24N2O5.ClH/c1-28-19-6-7-20(29-2)16-10-12(9-15(16)19)23-11-18(26)13-3-5-17(25)22-14(13)4-8-21(27)24-22;/h3-8,12,18,23,25-26H,9-11H2,1-2H3,(H,24,27);1H/t18-;/m0./s1. The number of benzene rings is 2. The quantitative estimate of drug-likeness (QED) is 0.477. The first-order valence-electron chi connectivity index (χ1n) is 9.51. The smallest absolute Gasteiger partial charge is 0.248 e. The third kappa shape index (κ3) is 3.96. The molecular weight excluding hydrogens is 408 g/mol. The predicted molar refractivity (Wildman–Crippen MR) is 117 cm³/mol. The van der Waals surface area contributed by atoms with Crippen molar-refractivity contribution in [3.8, 4) is 17.2 Å². The highest BCUT2D eigenvalue weighted by Crippen LogP contribution is 2.37. The average molecular weight is 433 g/mol. The Morgan fingerprint density at radius 1 is 1.07 bits per heavy atom. The molecule has 0 fully saturated rings. The minimum absolute atomic E-state index is 0. The van der Waals surface area contributed by atoms with Crippen molar-refractivity contribution in [2.24, 2.45) is 0 Å². The first kappa shape index (κ1) is 22.0. The van der Waals surface area contributed by atoms with Crippen molar-refractivity contribution in [2.45, 2.75) is 25.0 Å². The van der Waals surface area contributed by atoms with Crippen LogP contribution in [0.3, 0.4) is 0 Å². The first-order chi connectivity index (χ1) is 14.0. The summed E-state index contributed by atoms with van der Waals surface area (Å²) >= 11 is 0. The summed E-state index contributed by atoms with van der Waals surface area (Å²) in [7, 11) is 3.32. The van der Waals surface area contributed by atoms with Crippen LogP contribution in [-0.4, -0.2) is 42.0 Å². The Morgan fingerprint density at radius 2 is 1.70 bits per heavy atom. The molecule has 1 heterocycles. The van der Waals surface area contributed by atoms with Gasteiger partial charge in [-0.05, 0) is 42.7 Å². The minimum Gasteiger partial charge on any atom is -0.506 e. The number of halogens is 1. The van der Waals surface area contributed by atoms with Crippen molar-refractivity contribution in [3.63, 3.8) is 0 Å². The third-order valence-corrected chi connectivity index (χ3v) is 5.55. The minimum atomic E-state index is -0.795. The predicted octanol–water partition coefficient (Wildman–Crippen LogP) is 2.46. The van der Waals surface area contributed by atoms with Gasteiger partial charge in [-0.25, -0.2) is 0 Å². The lowest BCUT2D eigenvalue weighted by molar-refractivity contribution is 0.171. The second-order valence-electron chi connectivity index (χ2n) is 7.24. The van der Waals surface area contributed by atoms with Gasteiger partial charge in [0, 0.05) is 35.2 Å². The SMILES string of the molecule is COc1ccc(OC)c2c1CC(NC[C@H](O)c1ccc(O)c3[nH]c(=O)ccc13)C2.Cl. The van der Waals surface area contributed by atoms with Gasteiger partial charge in [-0.1, -0.05) is 6.07 Å². The zero-order chi connectivity index (χ0) is 20.5. The molecule has 0 amide bonds. The number of aromatic hydroxyl groups is 1. The third-order valence-electron chi connectivity index (χ3n) is 5.55. The van der Waals surface area contributed by atoms with E-state index in [-0.39, 0.29) is 29.8 Å². The van der Waals surface area contributed by atoms with Crippen molar-refractivity contribution in [1.29, 1.82) is 0 Å². The highest BCUT2D eigenvalue weighted by Gasteiger charge is 2.28. The molecule has 3 aromatic rings. The molecule has 2 aromatic carbocycles. The number of phenols is 1. The zero-order valence-corrected chi connectivity index (χ0v) is 17.6. The average Bonchev–Trinajstić information content (AvgIpc) is 3.16. The summed E-state index contributed by atoms with van der Waals surface area (Å²) in [5.74, 6) is 1.67. The number of hydrogen-bond donors (Lipinski definition) is 4. The molecule has 0 spiro atoms. The van der Waals surface area contributed by atoms with E-state index in [4.69, 9.17) is 9.47 Å². The van der Waals surface area contributed by atoms with Gasteiger partial charge in [0.25, 0.3) is 0 Å². The molecule has 0 unspecified atom stereocenters. The molecule has 0 saturated carbocycles. The van der Waals surface area contributed by atoms with Gasteiger partial charge in [0.15, 0.2) is 0 Å². The number of phenolic OH excluding ortho intramolecular Hbond substituents is 1. The van der Waals surface area contributed by atoms with Crippen LogP contribution in [0.4, 0.5) is 0 Å². The van der Waals surface area contributed by atoms with Crippen LogP contribution in [0.25, 0.3) is 10.9 Å². The van der Waals surface area contributed by atoms with Gasteiger partial charge in [-0.15, -0.1) is 12.4 Å². The topological polar surface area (TPSA) is 104 Å². The molecule has 0 bridgehead atoms. The molecule has 1 atom stereocenters. The molecule has 7 nitrogen and oxygen atoms in total. The number of pyridine rings is 1. The summed E-state index contributed by atoms with van der Waals surface area (Å²) in [6, 6.07) is 10.1. The van der Waals surface area contributed by atoms with E-state index in [0.29, 0.717) is 23.0 Å². The van der Waals surface area contributed by atoms with E-state index >= 15 is 0 Å². The largest absolute Gasteiger partial charge is 0.506 e. The van der Waals surface area contributed by atoms with Crippen molar-refractivity contribution in [3.05, 3.63) is 63.4 Å². The molecule has 4 N–H and O–H groups in total. The summed E-state index contributed by atoms with van der Waals surface area (Å²) < 4.78 is 11.0. The second kappa shape index (κ2) is 8.95. The van der Waals surface area contributed by atoms with Gasteiger partial charge in [-0.3, -0.25) is 4.79 Å². The number of aromatic amines is 1. The van der Waals surface area contributed by atoms with Crippen LogP contribution < -0.4 is 20.3 Å². The Kier molecular flexibility index (Phi) is 6.55. The van der Waals surface area contributed by atoms with E-state index in [2.05, 4.69) is 10.3 Å². The molecule has 4 rings (SSSR count). The van der Waals surface area contributed by atoms with Gasteiger partial charge in [-0.2, -0.15) is 0 Å². The van der Waals surface area contributed by atoms with Crippen LogP contribution in [0.5, 0.6) is 17.2 Å². The number of fused-ring (bicyclic) bond motifs is 2. The number of methoxy groups -OCH3 is 2. The maximum Gasteiger partial charge on any atom is 0.248 e. The summed E-state index contributed by atoms with van der Waals surface area (Å²) in [4.78, 5) is 14.2. The summed E-state index contributed by atoms with van der Waals surface area (Å²) in [6.07, 6.45) is 0.773. The number of aliphatic hydroxyl groups is 1. The molecule has 1 aromatic heterocycles. The second-order valence-corrected chi connectivity index (χ2v) is 7.24. The van der Waals surface area contributed by atoms with E-state index in [1.807, 2.05) is 12.1 Å². The fourth-order valence-corrected chi connectivity index (χ4v) is 4.13. The molecule has 1 aliphatic carbocycles. The zero-order valence-electron chi connectivity index (χ0n) is 16.8. The number of rotatable bonds is 6. The van der Waals surface area contributed by atoms with Crippen LogP contribution >= 0.6 is 12.4 Å². The maximum atomic E-state index is 11.6. The number of H-pyrrole nitrogens is 1. The Hall–Kier alpha value is -2.74. The van der Waals surface area contributed by atoms with Crippen LogP contribution in [-0.2, 0) is 12.8 Å². The number of hydrogen-bond acceptors (Lipinski definition) is 6. The van der Waals surface area contributed by atoms with Gasteiger partial charge in [0.2, 0.25) is 5.56 Å². The highest BCUT2D eigenvalue weighted by atomic mass is 35.5. The maximum absolute atomic E-state index is 11.6. The summed E-state index contributed by atoms with van der Waals surface area (Å²) in [5.41, 5.74) is 2.94. The van der Waals surface area contributed by atoms with Gasteiger partial charge in [0.1, 0.15) is 17.2 Å². The Bertz CT molecular complexity index is 1080. The summed E-state index contributed by atoms with van der Waals surface area (Å²) in [5, 5.41) is 24.8. The Balaban J connectivity index is 0.00000256. The fraction of sp³-hybridized carbons (Fsp3) is 0.318. The monoisotopic (exact) mass is 432 g/mol. The first-order valence-corrected chi connectivity index (χ1v) is 9.51. The van der Waals surface area contributed by atoms with Gasteiger partial charge < -0.3 is 30.0 Å². The molecule has 30 heavy (non-hydrogen) atoms. The van der Waals surface area contributed by atoms with Gasteiger partial charge in [0.05, 0.1) is 25.8 Å². The number of nitrogens with one attached hydrogen (secondary N) is 2. The fourth-order valence-electron chi connectivity index (χ4n) is 4.13. The molecule has 0 radical (unpaired) electrons. The molecule has 0 saturated heterocycles. The number of aliphatic hydroxyl groups excluding tert-OH is 1. The van der Waals surface area contributed by atoms with Crippen molar-refractivity contribution in [1.82, 2.24) is 10.3 Å². The lowest BCUT2D eigenvalue weighted by atomic mass is 10.0. The van der Waals surface area contributed by atoms with E-state index in [1.165, 1.54) is 12.1 Å². The van der Waals surface area contributed by atoms with Crippen molar-refractivity contribution in [2.75, 3.05) is 20.8 Å². The highest BCUT2D eigenvalue weighted by molar-refractivity contribution is 5.87. The summed E-state index contributed by atoms with van der Waals surface area (Å²) in [6.45, 7) is 0.336. The van der Waals surface area contributed by atoms with Crippen LogP contribution in [0.15, 0.2) is 41.2 Å². The number of ether oxygens (including phenoxy) is 2.